The van der Waals surface area contributed by atoms with Gasteiger partial charge in [-0.2, -0.15) is 0 Å². The van der Waals surface area contributed by atoms with Gasteiger partial charge >= 0.3 is 5.97 Å². The molecule has 7 N–H and O–H groups in total. The molecule has 2 rings (SSSR count). The van der Waals surface area contributed by atoms with Gasteiger partial charge in [0.05, 0.1) is 13.2 Å². The van der Waals surface area contributed by atoms with E-state index in [1.165, 1.54) is 12.1 Å². The lowest BCUT2D eigenvalue weighted by atomic mass is 10.0. The molecule has 1 aliphatic rings. The van der Waals surface area contributed by atoms with E-state index in [0.717, 1.165) is 0 Å². The first-order chi connectivity index (χ1) is 12.1. The third-order valence-electron chi connectivity index (χ3n) is 3.71. The van der Waals surface area contributed by atoms with E-state index in [1.54, 1.807) is 18.2 Å². The molecule has 1 aromatic rings. The molecular formula is C19H27NO7. The van der Waals surface area contributed by atoms with Crippen molar-refractivity contribution in [2.45, 2.75) is 25.7 Å². The van der Waals surface area contributed by atoms with E-state index >= 15 is 0 Å². The topological polar surface area (TPSA) is 159 Å². The summed E-state index contributed by atoms with van der Waals surface area (Å²) in [6.07, 6.45) is 9.14. The Kier molecular flexibility index (Phi) is 11.4. The average molecular weight is 381 g/mol. The molecule has 0 bridgehead atoms. The van der Waals surface area contributed by atoms with Gasteiger partial charge < -0.3 is 31.2 Å². The lowest BCUT2D eigenvalue weighted by Crippen LogP contribution is -2.10. The lowest BCUT2D eigenvalue weighted by molar-refractivity contribution is -0.114. The number of allylic oxidation sites excluding steroid dienone is 2. The molecule has 0 spiro atoms. The van der Waals surface area contributed by atoms with Crippen LogP contribution in [0.5, 0.6) is 5.75 Å². The fourth-order valence-electron chi connectivity index (χ4n) is 2.50. The second kappa shape index (κ2) is 12.6. The minimum Gasteiger partial charge on any atom is -0.507 e. The minimum atomic E-state index is -0.609. The van der Waals surface area contributed by atoms with Crippen molar-refractivity contribution in [3.8, 4) is 5.75 Å². The number of nitrogens with one attached hydrogen (secondary N) is 1. The van der Waals surface area contributed by atoms with Crippen LogP contribution in [0.15, 0.2) is 30.4 Å². The number of ether oxygens (including phenoxy) is 1. The van der Waals surface area contributed by atoms with Gasteiger partial charge in [0.25, 0.3) is 0 Å². The maximum atomic E-state index is 12.3. The van der Waals surface area contributed by atoms with Gasteiger partial charge in [0.2, 0.25) is 0 Å². The number of esters is 1. The zero-order valence-corrected chi connectivity index (χ0v) is 15.0. The van der Waals surface area contributed by atoms with Crippen LogP contribution in [-0.4, -0.2) is 52.7 Å². The van der Waals surface area contributed by atoms with Crippen LogP contribution < -0.4 is 5.32 Å². The highest BCUT2D eigenvalue weighted by atomic mass is 16.5. The molecule has 1 aromatic carbocycles. The summed E-state index contributed by atoms with van der Waals surface area (Å²) in [4.78, 5) is 23.9. The molecule has 8 heteroatoms. The van der Waals surface area contributed by atoms with Crippen molar-refractivity contribution in [2.24, 2.45) is 0 Å². The Balaban J connectivity index is 0.00000338. The fourth-order valence-corrected chi connectivity index (χ4v) is 2.50. The zero-order valence-electron chi connectivity index (χ0n) is 15.0. The van der Waals surface area contributed by atoms with Gasteiger partial charge in [0, 0.05) is 24.7 Å². The van der Waals surface area contributed by atoms with Crippen molar-refractivity contribution >= 4 is 23.5 Å². The number of benzene rings is 1. The number of rotatable bonds is 3. The summed E-state index contributed by atoms with van der Waals surface area (Å²) in [7, 11) is 0. The Morgan fingerprint density at radius 2 is 1.81 bits per heavy atom. The van der Waals surface area contributed by atoms with Crippen molar-refractivity contribution in [3.63, 3.8) is 0 Å². The number of fused-ring (bicyclic) bond motifs is 1. The van der Waals surface area contributed by atoms with Crippen molar-refractivity contribution in [1.29, 1.82) is 0 Å². The first-order valence-corrected chi connectivity index (χ1v) is 8.36. The lowest BCUT2D eigenvalue weighted by Gasteiger charge is -2.12. The van der Waals surface area contributed by atoms with Gasteiger partial charge in [-0.15, -0.1) is 0 Å². The molecule has 0 amide bonds. The number of cyclic esters (lactones) is 1. The number of hydrogen-bond acceptors (Lipinski definition) is 6. The van der Waals surface area contributed by atoms with Crippen LogP contribution in [0, 0.1) is 0 Å². The van der Waals surface area contributed by atoms with E-state index in [1.807, 2.05) is 6.08 Å². The third kappa shape index (κ3) is 7.61. The summed E-state index contributed by atoms with van der Waals surface area (Å²) >= 11 is 0. The minimum absolute atomic E-state index is 0. The van der Waals surface area contributed by atoms with Crippen LogP contribution in [0.1, 0.15) is 41.6 Å². The second-order valence-electron chi connectivity index (χ2n) is 5.70. The van der Waals surface area contributed by atoms with Crippen molar-refractivity contribution in [3.05, 3.63) is 41.5 Å². The van der Waals surface area contributed by atoms with E-state index < -0.39 is 5.97 Å². The number of anilines is 1. The van der Waals surface area contributed by atoms with Gasteiger partial charge in [0.1, 0.15) is 11.3 Å². The summed E-state index contributed by atoms with van der Waals surface area (Å²) in [6.45, 7) is 0.424. The zero-order chi connectivity index (χ0) is 18.1. The Morgan fingerprint density at radius 1 is 1.07 bits per heavy atom. The summed E-state index contributed by atoms with van der Waals surface area (Å²) < 4.78 is 5.19. The molecule has 0 unspecified atom stereocenters. The molecule has 0 saturated carbocycles. The summed E-state index contributed by atoms with van der Waals surface area (Å²) in [5.74, 6) is -0.724. The number of phenols is 1. The van der Waals surface area contributed by atoms with Gasteiger partial charge in [-0.25, -0.2) is 4.79 Å². The number of aliphatic hydroxyl groups is 1. The van der Waals surface area contributed by atoms with Gasteiger partial charge in [0.15, 0.2) is 5.78 Å². The fraction of sp³-hybridized carbons (Fsp3) is 0.368. The van der Waals surface area contributed by atoms with Gasteiger partial charge in [-0.3, -0.25) is 4.79 Å². The number of carbonyl (C=O) groups excluding carboxylic acids is 2. The van der Waals surface area contributed by atoms with Crippen LogP contribution in [0.3, 0.4) is 0 Å². The molecule has 0 atom stereocenters. The summed E-state index contributed by atoms with van der Waals surface area (Å²) in [5, 5.41) is 22.1. The molecule has 0 aliphatic carbocycles. The van der Waals surface area contributed by atoms with Crippen LogP contribution in [-0.2, 0) is 9.53 Å². The highest BCUT2D eigenvalue weighted by Gasteiger charge is 2.18. The molecule has 150 valence electrons. The Hall–Kier alpha value is -2.68. The molecule has 8 nitrogen and oxygen atoms in total. The standard InChI is InChI=1S/C19H23NO5.2H2O/c21-10-9-20-15-12-14-6-2-1-3-7-16(22)8-4-5-11-25-19(24)18(14)17(23)13-15;;/h2,4,6,8,12-13,20-21,23H,1,3,5,7,9-11H2;2*1H2/b6-2+,8-4-;;. The van der Waals surface area contributed by atoms with Crippen LogP contribution in [0.4, 0.5) is 5.69 Å². The molecule has 0 radical (unpaired) electrons. The van der Waals surface area contributed by atoms with Crippen LogP contribution in [0.25, 0.3) is 6.08 Å². The van der Waals surface area contributed by atoms with Gasteiger partial charge in [-0.1, -0.05) is 18.2 Å². The van der Waals surface area contributed by atoms with Crippen molar-refractivity contribution in [1.82, 2.24) is 0 Å². The maximum Gasteiger partial charge on any atom is 0.342 e. The highest BCUT2D eigenvalue weighted by molar-refractivity contribution is 5.97. The molecule has 27 heavy (non-hydrogen) atoms. The Bertz CT molecular complexity index is 683. The number of aromatic hydroxyl groups is 1. The number of aliphatic hydroxyl groups excluding tert-OH is 1. The molecule has 1 heterocycles. The van der Waals surface area contributed by atoms with Crippen LogP contribution in [0.2, 0.25) is 0 Å². The monoisotopic (exact) mass is 381 g/mol. The van der Waals surface area contributed by atoms with E-state index in [2.05, 4.69) is 5.32 Å². The number of carbonyl (C=O) groups is 2. The largest absolute Gasteiger partial charge is 0.507 e. The molecule has 0 fully saturated rings. The Morgan fingerprint density at radius 3 is 2.56 bits per heavy atom. The molecule has 1 aliphatic heterocycles. The van der Waals surface area contributed by atoms with E-state index in [4.69, 9.17) is 9.84 Å². The van der Waals surface area contributed by atoms with Crippen LogP contribution >= 0.6 is 0 Å². The Labute approximate surface area is 157 Å². The SMILES string of the molecule is O.O.O=C1/C=C\CCOC(=O)c2c(O)cc(NCCO)cc2/C=C/CCC1. The number of hydrogen-bond donors (Lipinski definition) is 3. The predicted octanol–water partition coefficient (Wildman–Crippen LogP) is 1.02. The predicted molar refractivity (Wildman–Crippen MR) is 103 cm³/mol. The second-order valence-corrected chi connectivity index (χ2v) is 5.70. The third-order valence-corrected chi connectivity index (χ3v) is 3.71. The average Bonchev–Trinajstić information content (AvgIpc) is 2.58. The summed E-state index contributed by atoms with van der Waals surface area (Å²) in [5.41, 5.74) is 1.24. The molecule has 0 saturated heterocycles. The van der Waals surface area contributed by atoms with Gasteiger partial charge in [-0.05, 0) is 37.0 Å². The summed E-state index contributed by atoms with van der Waals surface area (Å²) in [6, 6.07) is 3.16. The normalized spacial score (nSPS) is 17.2. The van der Waals surface area contributed by atoms with E-state index in [9.17, 15) is 14.7 Å². The van der Waals surface area contributed by atoms with E-state index in [-0.39, 0.29) is 41.3 Å². The number of ketones is 1. The highest BCUT2D eigenvalue weighted by Crippen LogP contribution is 2.29. The molecular weight excluding hydrogens is 354 g/mol. The molecule has 0 aromatic heterocycles. The first-order valence-electron chi connectivity index (χ1n) is 8.36. The first kappa shape index (κ1) is 24.3. The maximum absolute atomic E-state index is 12.3. The smallest absolute Gasteiger partial charge is 0.342 e. The van der Waals surface area contributed by atoms with Crippen molar-refractivity contribution in [2.75, 3.05) is 25.1 Å². The van der Waals surface area contributed by atoms with Crippen molar-refractivity contribution < 1.29 is 35.5 Å². The number of phenolic OH excluding ortho intramolecular Hbond substituents is 1. The van der Waals surface area contributed by atoms with E-state index in [0.29, 0.717) is 43.5 Å². The quantitative estimate of drug-likeness (QED) is 0.663.